The standard InChI is InChI=1S/C21H31N5O3.HI/c1-3-22-21(23-9-5-14-28-20-7-4-6-19(16-20)27-2)26-12-10-25(11-13-26)17-18-8-15-29-24-18;/h4,6-8,15-16H,3,5,9-14,17H2,1-2H3,(H,22,23);1H. The van der Waals surface area contributed by atoms with Gasteiger partial charge < -0.3 is 24.2 Å². The summed E-state index contributed by atoms with van der Waals surface area (Å²) in [6, 6.07) is 9.59. The Morgan fingerprint density at radius 3 is 2.70 bits per heavy atom. The highest BCUT2D eigenvalue weighted by Gasteiger charge is 2.20. The fraction of sp³-hybridized carbons (Fsp3) is 0.524. The third kappa shape index (κ3) is 7.67. The van der Waals surface area contributed by atoms with Crippen LogP contribution in [0.4, 0.5) is 0 Å². The molecule has 0 radical (unpaired) electrons. The molecule has 0 aliphatic carbocycles. The van der Waals surface area contributed by atoms with E-state index >= 15 is 0 Å². The minimum absolute atomic E-state index is 0. The number of piperazine rings is 1. The molecular weight excluding hydrogens is 497 g/mol. The first kappa shape index (κ1) is 24.3. The molecule has 1 fully saturated rings. The number of rotatable bonds is 9. The van der Waals surface area contributed by atoms with Crippen molar-refractivity contribution in [2.24, 2.45) is 4.99 Å². The fourth-order valence-corrected chi connectivity index (χ4v) is 3.22. The summed E-state index contributed by atoms with van der Waals surface area (Å²) in [5.41, 5.74) is 0.982. The van der Waals surface area contributed by atoms with Gasteiger partial charge in [0, 0.05) is 64.4 Å². The van der Waals surface area contributed by atoms with Crippen LogP contribution in [-0.4, -0.2) is 73.9 Å². The average molecular weight is 529 g/mol. The number of methoxy groups -OCH3 is 1. The number of aromatic nitrogens is 1. The molecule has 2 aromatic rings. The quantitative estimate of drug-likeness (QED) is 0.232. The molecule has 9 heteroatoms. The molecule has 0 unspecified atom stereocenters. The molecule has 0 bridgehead atoms. The van der Waals surface area contributed by atoms with Gasteiger partial charge in [0.1, 0.15) is 17.8 Å². The van der Waals surface area contributed by atoms with Crippen molar-refractivity contribution in [2.75, 3.05) is 53.0 Å². The summed E-state index contributed by atoms with van der Waals surface area (Å²) in [7, 11) is 1.66. The molecule has 3 rings (SSSR count). The number of aliphatic imine (C=N–C) groups is 1. The number of halogens is 1. The predicted molar refractivity (Wildman–Crippen MR) is 128 cm³/mol. The molecule has 1 N–H and O–H groups in total. The number of hydrogen-bond donors (Lipinski definition) is 1. The smallest absolute Gasteiger partial charge is 0.194 e. The molecule has 0 atom stereocenters. The van der Waals surface area contributed by atoms with E-state index < -0.39 is 0 Å². The van der Waals surface area contributed by atoms with Crippen LogP contribution in [0.5, 0.6) is 11.5 Å². The second kappa shape index (κ2) is 13.3. The zero-order valence-corrected chi connectivity index (χ0v) is 20.1. The van der Waals surface area contributed by atoms with Crippen LogP contribution in [0.3, 0.4) is 0 Å². The van der Waals surface area contributed by atoms with Gasteiger partial charge in [-0.3, -0.25) is 9.89 Å². The van der Waals surface area contributed by atoms with E-state index in [0.717, 1.165) is 75.4 Å². The predicted octanol–water partition coefficient (Wildman–Crippen LogP) is 2.85. The van der Waals surface area contributed by atoms with Gasteiger partial charge in [-0.15, -0.1) is 24.0 Å². The van der Waals surface area contributed by atoms with Crippen molar-refractivity contribution >= 4 is 29.9 Å². The van der Waals surface area contributed by atoms with Gasteiger partial charge >= 0.3 is 0 Å². The zero-order chi connectivity index (χ0) is 20.3. The van der Waals surface area contributed by atoms with Gasteiger partial charge in [-0.25, -0.2) is 0 Å². The third-order valence-corrected chi connectivity index (χ3v) is 4.76. The van der Waals surface area contributed by atoms with Crippen LogP contribution in [0.1, 0.15) is 19.0 Å². The van der Waals surface area contributed by atoms with Crippen LogP contribution in [0, 0.1) is 0 Å². The first-order valence-corrected chi connectivity index (χ1v) is 10.2. The largest absolute Gasteiger partial charge is 0.497 e. The lowest BCUT2D eigenvalue weighted by molar-refractivity contribution is 0.169. The topological polar surface area (TPSA) is 75.4 Å². The van der Waals surface area contributed by atoms with E-state index in [1.54, 1.807) is 13.4 Å². The number of nitrogens with zero attached hydrogens (tertiary/aromatic N) is 4. The second-order valence-corrected chi connectivity index (χ2v) is 6.87. The zero-order valence-electron chi connectivity index (χ0n) is 17.7. The van der Waals surface area contributed by atoms with E-state index in [4.69, 9.17) is 19.0 Å². The summed E-state index contributed by atoms with van der Waals surface area (Å²) in [6.45, 7) is 9.01. The lowest BCUT2D eigenvalue weighted by Crippen LogP contribution is -2.52. The lowest BCUT2D eigenvalue weighted by atomic mass is 10.3. The summed E-state index contributed by atoms with van der Waals surface area (Å²) in [4.78, 5) is 9.50. The maximum absolute atomic E-state index is 5.80. The molecule has 30 heavy (non-hydrogen) atoms. The van der Waals surface area contributed by atoms with Crippen molar-refractivity contribution < 1.29 is 14.0 Å². The van der Waals surface area contributed by atoms with Crippen molar-refractivity contribution in [3.63, 3.8) is 0 Å². The molecule has 1 aromatic carbocycles. The second-order valence-electron chi connectivity index (χ2n) is 6.87. The van der Waals surface area contributed by atoms with E-state index in [2.05, 4.69) is 27.2 Å². The van der Waals surface area contributed by atoms with Gasteiger partial charge in [-0.1, -0.05) is 11.2 Å². The number of hydrogen-bond acceptors (Lipinski definition) is 6. The Hall–Kier alpha value is -2.01. The monoisotopic (exact) mass is 529 g/mol. The summed E-state index contributed by atoms with van der Waals surface area (Å²) < 4.78 is 15.9. The Morgan fingerprint density at radius 1 is 1.20 bits per heavy atom. The van der Waals surface area contributed by atoms with Crippen LogP contribution < -0.4 is 14.8 Å². The molecule has 1 aliphatic heterocycles. The van der Waals surface area contributed by atoms with Gasteiger partial charge in [0.15, 0.2) is 5.96 Å². The highest BCUT2D eigenvalue weighted by atomic mass is 127. The molecule has 166 valence electrons. The molecular formula is C21H32IN5O3. The normalized spacial score (nSPS) is 14.9. The van der Waals surface area contributed by atoms with E-state index in [1.165, 1.54) is 0 Å². The average Bonchev–Trinajstić information content (AvgIpc) is 3.26. The van der Waals surface area contributed by atoms with Crippen molar-refractivity contribution in [3.8, 4) is 11.5 Å². The maximum atomic E-state index is 5.80. The molecule has 0 amide bonds. The Morgan fingerprint density at radius 2 is 2.00 bits per heavy atom. The van der Waals surface area contributed by atoms with Gasteiger partial charge in [0.25, 0.3) is 0 Å². The summed E-state index contributed by atoms with van der Waals surface area (Å²) in [5, 5.41) is 7.41. The highest BCUT2D eigenvalue weighted by Crippen LogP contribution is 2.18. The third-order valence-electron chi connectivity index (χ3n) is 4.76. The van der Waals surface area contributed by atoms with Crippen molar-refractivity contribution in [1.82, 2.24) is 20.3 Å². The Labute approximate surface area is 195 Å². The Bertz CT molecular complexity index is 749. The summed E-state index contributed by atoms with van der Waals surface area (Å²) in [6.07, 6.45) is 2.48. The molecule has 0 spiro atoms. The first-order chi connectivity index (χ1) is 14.3. The Balaban J connectivity index is 0.00000320. The SMILES string of the molecule is CCNC(=NCCCOc1cccc(OC)c1)N1CCN(Cc2ccon2)CC1.I. The Kier molecular flexibility index (Phi) is 10.8. The van der Waals surface area contributed by atoms with Crippen LogP contribution in [0.15, 0.2) is 46.1 Å². The summed E-state index contributed by atoms with van der Waals surface area (Å²) in [5.74, 6) is 2.61. The molecule has 1 saturated heterocycles. The van der Waals surface area contributed by atoms with E-state index in [9.17, 15) is 0 Å². The highest BCUT2D eigenvalue weighted by molar-refractivity contribution is 14.0. The number of nitrogens with one attached hydrogen (secondary N) is 1. The minimum atomic E-state index is 0. The van der Waals surface area contributed by atoms with Crippen LogP contribution >= 0.6 is 24.0 Å². The van der Waals surface area contributed by atoms with Crippen LogP contribution in [0.25, 0.3) is 0 Å². The van der Waals surface area contributed by atoms with Crippen molar-refractivity contribution in [3.05, 3.63) is 42.3 Å². The van der Waals surface area contributed by atoms with E-state index in [1.807, 2.05) is 30.3 Å². The van der Waals surface area contributed by atoms with Gasteiger partial charge in [-0.05, 0) is 19.1 Å². The van der Waals surface area contributed by atoms with Gasteiger partial charge in [-0.2, -0.15) is 0 Å². The van der Waals surface area contributed by atoms with Crippen LogP contribution in [0.2, 0.25) is 0 Å². The van der Waals surface area contributed by atoms with Gasteiger partial charge in [0.05, 0.1) is 19.4 Å². The van der Waals surface area contributed by atoms with Crippen LogP contribution in [-0.2, 0) is 6.54 Å². The molecule has 1 aromatic heterocycles. The van der Waals surface area contributed by atoms with Crippen molar-refractivity contribution in [2.45, 2.75) is 19.9 Å². The molecule has 8 nitrogen and oxygen atoms in total. The number of benzene rings is 1. The number of ether oxygens (including phenoxy) is 2. The minimum Gasteiger partial charge on any atom is -0.497 e. The van der Waals surface area contributed by atoms with Gasteiger partial charge in [0.2, 0.25) is 0 Å². The van der Waals surface area contributed by atoms with E-state index in [-0.39, 0.29) is 24.0 Å². The maximum Gasteiger partial charge on any atom is 0.194 e. The molecule has 1 aliphatic rings. The number of guanidine groups is 1. The first-order valence-electron chi connectivity index (χ1n) is 10.2. The molecule has 2 heterocycles. The molecule has 0 saturated carbocycles. The van der Waals surface area contributed by atoms with Crippen molar-refractivity contribution in [1.29, 1.82) is 0 Å². The van der Waals surface area contributed by atoms with E-state index in [0.29, 0.717) is 6.61 Å². The lowest BCUT2D eigenvalue weighted by Gasteiger charge is -2.36. The summed E-state index contributed by atoms with van der Waals surface area (Å²) >= 11 is 0. The fourth-order valence-electron chi connectivity index (χ4n) is 3.22.